The van der Waals surface area contributed by atoms with Gasteiger partial charge in [-0.3, -0.25) is 19.2 Å². The smallest absolute Gasteiger partial charge is 0.450 e. The van der Waals surface area contributed by atoms with Crippen LogP contribution in [0.5, 0.6) is 0 Å². The van der Waals surface area contributed by atoms with Crippen molar-refractivity contribution in [3.63, 3.8) is 0 Å². The van der Waals surface area contributed by atoms with Crippen LogP contribution >= 0.6 is 0 Å². The van der Waals surface area contributed by atoms with Crippen LogP contribution in [-0.2, 0) is 26.7 Å². The van der Waals surface area contributed by atoms with E-state index < -0.39 is 48.3 Å². The quantitative estimate of drug-likeness (QED) is 0.276. The standard InChI is InChI=1S/2C8H5F3O3.Mn/c2*9-8(10,11)7(13)4-5(12)6-2-1-3-14-6;/h2*1-3H,4H2;. The Hall–Kier alpha value is -2.66. The Morgan fingerprint density at radius 2 is 1.00 bits per heavy atom. The Balaban J connectivity index is 0.000000523. The average Bonchev–Trinajstić information content (AvgIpc) is 3.27. The Morgan fingerprint density at radius 3 is 1.21 bits per heavy atom. The van der Waals surface area contributed by atoms with Crippen molar-refractivity contribution in [3.05, 3.63) is 48.3 Å². The molecule has 2 aromatic heterocycles. The molecule has 2 heterocycles. The van der Waals surface area contributed by atoms with Crippen LogP contribution in [-0.4, -0.2) is 35.5 Å². The molecule has 159 valence electrons. The largest absolute Gasteiger partial charge is 0.461 e. The first-order chi connectivity index (χ1) is 12.8. The second kappa shape index (κ2) is 10.8. The number of Topliss-reactive ketones (excluding diaryl/α,β-unsaturated/α-hetero) is 4. The number of halogens is 6. The summed E-state index contributed by atoms with van der Waals surface area (Å²) >= 11 is 0. The van der Waals surface area contributed by atoms with Crippen LogP contribution < -0.4 is 0 Å². The van der Waals surface area contributed by atoms with E-state index in [4.69, 9.17) is 0 Å². The van der Waals surface area contributed by atoms with Gasteiger partial charge in [-0.15, -0.1) is 0 Å². The van der Waals surface area contributed by atoms with E-state index in [0.29, 0.717) is 0 Å². The molecule has 29 heavy (non-hydrogen) atoms. The van der Waals surface area contributed by atoms with Crippen molar-refractivity contribution < 1.29 is 71.4 Å². The predicted octanol–water partition coefficient (Wildman–Crippen LogP) is 3.97. The van der Waals surface area contributed by atoms with E-state index in [1.54, 1.807) is 0 Å². The molecule has 0 atom stereocenters. The second-order valence-corrected chi connectivity index (χ2v) is 5.00. The maximum atomic E-state index is 11.7. The molecule has 0 aliphatic carbocycles. The van der Waals surface area contributed by atoms with Crippen LogP contribution in [0.25, 0.3) is 0 Å². The van der Waals surface area contributed by atoms with E-state index in [2.05, 4.69) is 8.83 Å². The molecule has 2 rings (SSSR count). The molecule has 0 aromatic carbocycles. The van der Waals surface area contributed by atoms with Gasteiger partial charge < -0.3 is 8.83 Å². The van der Waals surface area contributed by atoms with Crippen molar-refractivity contribution in [2.45, 2.75) is 25.2 Å². The third-order valence-corrected chi connectivity index (χ3v) is 2.87. The van der Waals surface area contributed by atoms with Crippen molar-refractivity contribution in [1.82, 2.24) is 0 Å². The molecule has 0 aliphatic rings. The SMILES string of the molecule is O=C(CC(=O)C(F)(F)F)c1ccco1.O=C(CC(=O)C(F)(F)F)c1ccco1.[Mn]. The Labute approximate surface area is 168 Å². The fourth-order valence-electron chi connectivity index (χ4n) is 1.54. The van der Waals surface area contributed by atoms with Crippen molar-refractivity contribution in [3.8, 4) is 0 Å². The zero-order valence-corrected chi connectivity index (χ0v) is 15.2. The summed E-state index contributed by atoms with van der Waals surface area (Å²) in [4.78, 5) is 42.7. The Kier molecular flexibility index (Phi) is 9.78. The molecule has 0 spiro atoms. The van der Waals surface area contributed by atoms with E-state index in [-0.39, 0.29) is 28.6 Å². The zero-order chi connectivity index (χ0) is 21.5. The summed E-state index contributed by atoms with van der Waals surface area (Å²) in [5.41, 5.74) is 0. The van der Waals surface area contributed by atoms with Gasteiger partial charge in [0, 0.05) is 17.1 Å². The fourth-order valence-corrected chi connectivity index (χ4v) is 1.54. The number of alkyl halides is 6. The summed E-state index contributed by atoms with van der Waals surface area (Å²) in [6.45, 7) is 0. The van der Waals surface area contributed by atoms with E-state index in [1.165, 1.54) is 24.3 Å². The van der Waals surface area contributed by atoms with Gasteiger partial charge in [0.25, 0.3) is 0 Å². The van der Waals surface area contributed by atoms with E-state index >= 15 is 0 Å². The van der Waals surface area contributed by atoms with Crippen LogP contribution in [0.15, 0.2) is 45.6 Å². The van der Waals surface area contributed by atoms with Crippen molar-refractivity contribution in [2.24, 2.45) is 0 Å². The Morgan fingerprint density at radius 1 is 0.690 bits per heavy atom. The van der Waals surface area contributed by atoms with Crippen LogP contribution in [0.4, 0.5) is 26.3 Å². The maximum absolute atomic E-state index is 11.7. The number of ketones is 4. The van der Waals surface area contributed by atoms with Gasteiger partial charge in [-0.2, -0.15) is 26.3 Å². The minimum absolute atomic E-state index is 0. The topological polar surface area (TPSA) is 94.6 Å². The summed E-state index contributed by atoms with van der Waals surface area (Å²) in [6.07, 6.45) is -10.1. The van der Waals surface area contributed by atoms with E-state index in [0.717, 1.165) is 12.5 Å². The van der Waals surface area contributed by atoms with E-state index in [9.17, 15) is 45.5 Å². The van der Waals surface area contributed by atoms with Crippen molar-refractivity contribution in [1.29, 1.82) is 0 Å². The Bertz CT molecular complexity index is 751. The summed E-state index contributed by atoms with van der Waals surface area (Å²) in [5, 5.41) is 0. The number of carbonyl (C=O) groups is 4. The second-order valence-electron chi connectivity index (χ2n) is 5.00. The molecule has 13 heteroatoms. The van der Waals surface area contributed by atoms with Gasteiger partial charge in [-0.05, 0) is 24.3 Å². The number of rotatable bonds is 6. The predicted molar refractivity (Wildman–Crippen MR) is 77.4 cm³/mol. The summed E-state index contributed by atoms with van der Waals surface area (Å²) in [7, 11) is 0. The minimum atomic E-state index is -4.97. The molecule has 0 saturated heterocycles. The van der Waals surface area contributed by atoms with Crippen LogP contribution in [0.1, 0.15) is 34.0 Å². The summed E-state index contributed by atoms with van der Waals surface area (Å²) in [6, 6.07) is 5.11. The fraction of sp³-hybridized carbons (Fsp3) is 0.250. The van der Waals surface area contributed by atoms with Gasteiger partial charge in [0.2, 0.25) is 23.1 Å². The van der Waals surface area contributed by atoms with Crippen molar-refractivity contribution in [2.75, 3.05) is 0 Å². The summed E-state index contributed by atoms with van der Waals surface area (Å²) < 4.78 is 79.4. The molecular formula is C16H10F6MnO6. The minimum Gasteiger partial charge on any atom is -0.461 e. The molecule has 0 fully saturated rings. The molecule has 2 aromatic rings. The monoisotopic (exact) mass is 467 g/mol. The first-order valence-corrected chi connectivity index (χ1v) is 7.15. The van der Waals surface area contributed by atoms with Crippen LogP contribution in [0.2, 0.25) is 0 Å². The van der Waals surface area contributed by atoms with Gasteiger partial charge >= 0.3 is 12.4 Å². The maximum Gasteiger partial charge on any atom is 0.450 e. The number of hydrogen-bond acceptors (Lipinski definition) is 6. The zero-order valence-electron chi connectivity index (χ0n) is 14.0. The van der Waals surface area contributed by atoms with Gasteiger partial charge in [0.05, 0.1) is 25.4 Å². The molecule has 0 aliphatic heterocycles. The number of furan rings is 2. The van der Waals surface area contributed by atoms with Crippen LogP contribution in [0, 0.1) is 0 Å². The first kappa shape index (κ1) is 26.3. The molecule has 0 saturated carbocycles. The van der Waals surface area contributed by atoms with Crippen molar-refractivity contribution >= 4 is 23.1 Å². The van der Waals surface area contributed by atoms with Gasteiger partial charge in [-0.25, -0.2) is 0 Å². The molecule has 1 radical (unpaired) electrons. The molecule has 0 unspecified atom stereocenters. The summed E-state index contributed by atoms with van der Waals surface area (Å²) in [5.74, 6) is -6.59. The van der Waals surface area contributed by atoms with Gasteiger partial charge in [0.15, 0.2) is 11.5 Å². The van der Waals surface area contributed by atoms with E-state index in [1.807, 2.05) is 0 Å². The third-order valence-electron chi connectivity index (χ3n) is 2.87. The molecule has 0 bridgehead atoms. The van der Waals surface area contributed by atoms with Gasteiger partial charge in [-0.1, -0.05) is 0 Å². The van der Waals surface area contributed by atoms with Gasteiger partial charge in [0.1, 0.15) is 0 Å². The molecule has 0 amide bonds. The normalized spacial score (nSPS) is 11.0. The number of carbonyl (C=O) groups excluding carboxylic acids is 4. The third kappa shape index (κ3) is 8.92. The van der Waals surface area contributed by atoms with Crippen LogP contribution in [0.3, 0.4) is 0 Å². The molecule has 6 nitrogen and oxygen atoms in total. The average molecular weight is 467 g/mol. The first-order valence-electron chi connectivity index (χ1n) is 7.15. The molecular weight excluding hydrogens is 457 g/mol. The molecule has 0 N–H and O–H groups in total. The number of hydrogen-bond donors (Lipinski definition) is 0.